The number of halogens is 4. The standard InChI is InChI=1S/C23H24F4N6O/c24-17-4-1-3-15(13-17)14-18-5-2-10-32(18)21(34)16-8-11-31(12-9-16)20-7-6-19-28-29-22(23(25,26)27)33(19)30-20/h1,3-4,6-7,13,16,18H,2,5,8-12,14H2. The molecule has 4 heterocycles. The molecule has 0 bridgehead atoms. The topological polar surface area (TPSA) is 66.6 Å². The van der Waals surface area contributed by atoms with Crippen LogP contribution in [0, 0.1) is 11.7 Å². The molecule has 3 aromatic rings. The SMILES string of the molecule is O=C(C1CCN(c2ccc3nnc(C(F)(F)F)n3n2)CC1)N1CCCC1Cc1cccc(F)c1. The lowest BCUT2D eigenvalue weighted by Gasteiger charge is -2.35. The molecule has 0 aliphatic carbocycles. The lowest BCUT2D eigenvalue weighted by atomic mass is 9.94. The van der Waals surface area contributed by atoms with Gasteiger partial charge in [-0.3, -0.25) is 4.79 Å². The van der Waals surface area contributed by atoms with Gasteiger partial charge in [0.2, 0.25) is 5.91 Å². The van der Waals surface area contributed by atoms with E-state index in [0.29, 0.717) is 49.2 Å². The molecule has 34 heavy (non-hydrogen) atoms. The van der Waals surface area contributed by atoms with Crippen molar-refractivity contribution in [3.63, 3.8) is 0 Å². The molecular weight excluding hydrogens is 452 g/mol. The summed E-state index contributed by atoms with van der Waals surface area (Å²) in [4.78, 5) is 17.1. The number of piperidine rings is 1. The summed E-state index contributed by atoms with van der Waals surface area (Å²) in [6, 6.07) is 9.64. The highest BCUT2D eigenvalue weighted by molar-refractivity contribution is 5.80. The maximum atomic E-state index is 13.6. The van der Waals surface area contributed by atoms with Crippen molar-refractivity contribution in [1.82, 2.24) is 24.7 Å². The Bertz CT molecular complexity index is 1190. The summed E-state index contributed by atoms with van der Waals surface area (Å²) in [5.41, 5.74) is 0.910. The first kappa shape index (κ1) is 22.5. The number of alkyl halides is 3. The van der Waals surface area contributed by atoms with Crippen LogP contribution >= 0.6 is 0 Å². The average molecular weight is 476 g/mol. The molecule has 2 aliphatic rings. The highest BCUT2D eigenvalue weighted by Crippen LogP contribution is 2.30. The van der Waals surface area contributed by atoms with Gasteiger partial charge in [-0.15, -0.1) is 15.3 Å². The minimum atomic E-state index is -4.65. The van der Waals surface area contributed by atoms with E-state index in [1.807, 2.05) is 15.9 Å². The van der Waals surface area contributed by atoms with Crippen molar-refractivity contribution in [2.24, 2.45) is 5.92 Å². The zero-order chi connectivity index (χ0) is 23.9. The highest BCUT2D eigenvalue weighted by atomic mass is 19.4. The van der Waals surface area contributed by atoms with Crippen molar-refractivity contribution in [3.05, 3.63) is 53.6 Å². The van der Waals surface area contributed by atoms with E-state index in [2.05, 4.69) is 15.3 Å². The molecule has 5 rings (SSSR count). The third kappa shape index (κ3) is 4.43. The van der Waals surface area contributed by atoms with E-state index in [-0.39, 0.29) is 29.3 Å². The number of benzene rings is 1. The van der Waals surface area contributed by atoms with Crippen molar-refractivity contribution < 1.29 is 22.4 Å². The quantitative estimate of drug-likeness (QED) is 0.537. The zero-order valence-electron chi connectivity index (χ0n) is 18.4. The van der Waals surface area contributed by atoms with Crippen LogP contribution in [-0.2, 0) is 17.4 Å². The fourth-order valence-electron chi connectivity index (χ4n) is 4.99. The maximum absolute atomic E-state index is 13.6. The van der Waals surface area contributed by atoms with Crippen LogP contribution in [0.4, 0.5) is 23.4 Å². The van der Waals surface area contributed by atoms with Crippen molar-refractivity contribution in [2.75, 3.05) is 24.5 Å². The minimum Gasteiger partial charge on any atom is -0.355 e. The van der Waals surface area contributed by atoms with Crippen LogP contribution in [0.15, 0.2) is 36.4 Å². The Labute approximate surface area is 193 Å². The molecule has 1 amide bonds. The second kappa shape index (κ2) is 8.84. The van der Waals surface area contributed by atoms with Gasteiger partial charge in [0.05, 0.1) is 0 Å². The number of amides is 1. The van der Waals surface area contributed by atoms with Crippen LogP contribution in [0.25, 0.3) is 5.65 Å². The minimum absolute atomic E-state index is 0.0273. The summed E-state index contributed by atoms with van der Waals surface area (Å²) < 4.78 is 53.8. The van der Waals surface area contributed by atoms with Gasteiger partial charge in [0.25, 0.3) is 5.82 Å². The molecular formula is C23H24F4N6O. The van der Waals surface area contributed by atoms with E-state index < -0.39 is 12.0 Å². The molecule has 0 radical (unpaired) electrons. The van der Waals surface area contributed by atoms with Gasteiger partial charge < -0.3 is 9.80 Å². The number of carbonyl (C=O) groups excluding carboxylic acids is 1. The molecule has 7 nitrogen and oxygen atoms in total. The van der Waals surface area contributed by atoms with Crippen LogP contribution in [0.2, 0.25) is 0 Å². The number of hydrogen-bond acceptors (Lipinski definition) is 5. The molecule has 180 valence electrons. The third-order valence-corrected chi connectivity index (χ3v) is 6.69. The Morgan fingerprint density at radius 3 is 2.56 bits per heavy atom. The third-order valence-electron chi connectivity index (χ3n) is 6.69. The summed E-state index contributed by atoms with van der Waals surface area (Å²) in [5.74, 6) is -1.07. The molecule has 2 fully saturated rings. The average Bonchev–Trinajstić information content (AvgIpc) is 3.45. The number of fused-ring (bicyclic) bond motifs is 1. The number of carbonyl (C=O) groups is 1. The smallest absolute Gasteiger partial charge is 0.355 e. The molecule has 2 aliphatic heterocycles. The molecule has 1 atom stereocenters. The normalized spacial score (nSPS) is 19.8. The largest absolute Gasteiger partial charge is 0.453 e. The first-order valence-electron chi connectivity index (χ1n) is 11.4. The molecule has 2 aromatic heterocycles. The van der Waals surface area contributed by atoms with Crippen LogP contribution in [0.3, 0.4) is 0 Å². The van der Waals surface area contributed by atoms with Gasteiger partial charge >= 0.3 is 6.18 Å². The van der Waals surface area contributed by atoms with Gasteiger partial charge in [0, 0.05) is 31.6 Å². The van der Waals surface area contributed by atoms with Crippen molar-refractivity contribution in [3.8, 4) is 0 Å². The Hall–Kier alpha value is -3.24. The van der Waals surface area contributed by atoms with Gasteiger partial charge in [-0.2, -0.15) is 17.7 Å². The summed E-state index contributed by atoms with van der Waals surface area (Å²) in [5, 5.41) is 10.9. The number of nitrogens with zero attached hydrogens (tertiary/aromatic N) is 6. The highest BCUT2D eigenvalue weighted by Gasteiger charge is 2.38. The molecule has 2 saturated heterocycles. The Kier molecular flexibility index (Phi) is 5.86. The fraction of sp³-hybridized carbons (Fsp3) is 0.478. The summed E-state index contributed by atoms with van der Waals surface area (Å²) in [7, 11) is 0. The molecule has 0 saturated carbocycles. The molecule has 11 heteroatoms. The van der Waals surface area contributed by atoms with E-state index >= 15 is 0 Å². The van der Waals surface area contributed by atoms with Gasteiger partial charge in [0.1, 0.15) is 11.6 Å². The Morgan fingerprint density at radius 2 is 1.82 bits per heavy atom. The number of aromatic nitrogens is 4. The maximum Gasteiger partial charge on any atom is 0.453 e. The van der Waals surface area contributed by atoms with Crippen molar-refractivity contribution in [1.29, 1.82) is 0 Å². The van der Waals surface area contributed by atoms with E-state index in [9.17, 15) is 22.4 Å². The van der Waals surface area contributed by atoms with Gasteiger partial charge in [-0.1, -0.05) is 12.1 Å². The monoisotopic (exact) mass is 476 g/mol. The fourth-order valence-corrected chi connectivity index (χ4v) is 4.99. The van der Waals surface area contributed by atoms with Crippen molar-refractivity contribution in [2.45, 2.75) is 44.3 Å². The van der Waals surface area contributed by atoms with E-state index in [1.54, 1.807) is 12.1 Å². The number of rotatable bonds is 4. The lowest BCUT2D eigenvalue weighted by molar-refractivity contribution is -0.146. The van der Waals surface area contributed by atoms with Crippen LogP contribution in [0.1, 0.15) is 37.1 Å². The predicted molar refractivity (Wildman–Crippen MR) is 116 cm³/mol. The second-order valence-corrected chi connectivity index (χ2v) is 8.91. The summed E-state index contributed by atoms with van der Waals surface area (Å²) in [6.07, 6.45) is -1.01. The molecule has 0 N–H and O–H groups in total. The van der Waals surface area contributed by atoms with Gasteiger partial charge in [0.15, 0.2) is 5.65 Å². The molecule has 0 spiro atoms. The number of anilines is 1. The van der Waals surface area contributed by atoms with E-state index in [0.717, 1.165) is 18.4 Å². The summed E-state index contributed by atoms with van der Waals surface area (Å²) >= 11 is 0. The predicted octanol–water partition coefficient (Wildman–Crippen LogP) is 3.73. The lowest BCUT2D eigenvalue weighted by Crippen LogP contribution is -2.45. The Morgan fingerprint density at radius 1 is 1.03 bits per heavy atom. The Balaban J connectivity index is 1.24. The van der Waals surface area contributed by atoms with E-state index in [1.165, 1.54) is 18.2 Å². The second-order valence-electron chi connectivity index (χ2n) is 8.91. The first-order chi connectivity index (χ1) is 16.3. The van der Waals surface area contributed by atoms with Crippen LogP contribution in [-0.4, -0.2) is 56.3 Å². The van der Waals surface area contributed by atoms with Crippen LogP contribution in [0.5, 0.6) is 0 Å². The molecule has 1 unspecified atom stereocenters. The van der Waals surface area contributed by atoms with Crippen molar-refractivity contribution >= 4 is 17.4 Å². The molecule has 1 aromatic carbocycles. The summed E-state index contributed by atoms with van der Waals surface area (Å²) in [6.45, 7) is 1.73. The first-order valence-corrected chi connectivity index (χ1v) is 11.4. The van der Waals surface area contributed by atoms with Crippen LogP contribution < -0.4 is 4.90 Å². The van der Waals surface area contributed by atoms with Gasteiger partial charge in [-0.25, -0.2) is 4.39 Å². The number of hydrogen-bond donors (Lipinski definition) is 0. The zero-order valence-corrected chi connectivity index (χ0v) is 18.4. The van der Waals surface area contributed by atoms with Gasteiger partial charge in [-0.05, 0) is 61.9 Å². The number of likely N-dealkylation sites (tertiary alicyclic amines) is 1. The van der Waals surface area contributed by atoms with E-state index in [4.69, 9.17) is 0 Å².